The molecule has 0 bridgehead atoms. The molecule has 0 amide bonds. The van der Waals surface area contributed by atoms with Crippen LogP contribution in [0.15, 0.2) is 17.4 Å². The summed E-state index contributed by atoms with van der Waals surface area (Å²) in [6, 6.07) is 0. The van der Waals surface area contributed by atoms with Crippen LogP contribution in [0.1, 0.15) is 19.8 Å². The molecule has 2 aliphatic heterocycles. The van der Waals surface area contributed by atoms with Crippen molar-refractivity contribution in [2.75, 3.05) is 56.6 Å². The number of nitrogens with zero attached hydrogens (tertiary/aromatic N) is 4. The lowest BCUT2D eigenvalue weighted by Gasteiger charge is -2.36. The standard InChI is InChI=1S/C16H26N4OS/c1-2-22-16-12-17-11-15(18-16)20-5-3-14(4-6-20)13-19-7-9-21-10-8-19/h11-12,14H,2-10,13H2,1H3. The molecule has 2 aliphatic rings. The van der Waals surface area contributed by atoms with Crippen molar-refractivity contribution < 1.29 is 4.74 Å². The smallest absolute Gasteiger partial charge is 0.148 e. The third kappa shape index (κ3) is 4.33. The van der Waals surface area contributed by atoms with Gasteiger partial charge in [-0.05, 0) is 24.5 Å². The second-order valence-electron chi connectivity index (χ2n) is 5.99. The summed E-state index contributed by atoms with van der Waals surface area (Å²) in [5, 5.41) is 1.04. The van der Waals surface area contributed by atoms with Crippen LogP contribution in [0.3, 0.4) is 0 Å². The van der Waals surface area contributed by atoms with E-state index in [0.717, 1.165) is 61.9 Å². The molecule has 1 aromatic heterocycles. The molecule has 6 heteroatoms. The third-order valence-electron chi connectivity index (χ3n) is 4.45. The number of morpholine rings is 1. The van der Waals surface area contributed by atoms with Gasteiger partial charge in [-0.3, -0.25) is 9.88 Å². The van der Waals surface area contributed by atoms with Gasteiger partial charge in [-0.15, -0.1) is 11.8 Å². The van der Waals surface area contributed by atoms with Crippen LogP contribution < -0.4 is 4.90 Å². The van der Waals surface area contributed by atoms with Crippen LogP contribution in [-0.4, -0.2) is 66.6 Å². The van der Waals surface area contributed by atoms with E-state index in [1.165, 1.54) is 19.4 Å². The van der Waals surface area contributed by atoms with Gasteiger partial charge in [0.05, 0.1) is 25.6 Å². The summed E-state index contributed by atoms with van der Waals surface area (Å²) in [5.41, 5.74) is 0. The zero-order chi connectivity index (χ0) is 15.2. The van der Waals surface area contributed by atoms with E-state index in [2.05, 4.69) is 21.7 Å². The lowest BCUT2D eigenvalue weighted by Crippen LogP contribution is -2.43. The maximum absolute atomic E-state index is 5.43. The Morgan fingerprint density at radius 2 is 1.95 bits per heavy atom. The highest BCUT2D eigenvalue weighted by atomic mass is 32.2. The summed E-state index contributed by atoms with van der Waals surface area (Å²) < 4.78 is 5.43. The van der Waals surface area contributed by atoms with Crippen molar-refractivity contribution in [2.24, 2.45) is 5.92 Å². The van der Waals surface area contributed by atoms with E-state index in [4.69, 9.17) is 9.72 Å². The lowest BCUT2D eigenvalue weighted by atomic mass is 9.96. The largest absolute Gasteiger partial charge is 0.379 e. The first-order chi connectivity index (χ1) is 10.8. The highest BCUT2D eigenvalue weighted by molar-refractivity contribution is 7.99. The summed E-state index contributed by atoms with van der Waals surface area (Å²) in [7, 11) is 0. The van der Waals surface area contributed by atoms with Crippen molar-refractivity contribution >= 4 is 17.6 Å². The summed E-state index contributed by atoms with van der Waals surface area (Å²) in [4.78, 5) is 14.0. The van der Waals surface area contributed by atoms with Crippen LogP contribution in [-0.2, 0) is 4.74 Å². The van der Waals surface area contributed by atoms with Crippen molar-refractivity contribution in [3.63, 3.8) is 0 Å². The average molecular weight is 322 g/mol. The van der Waals surface area contributed by atoms with Crippen molar-refractivity contribution in [3.05, 3.63) is 12.4 Å². The van der Waals surface area contributed by atoms with Crippen LogP contribution in [0.5, 0.6) is 0 Å². The topological polar surface area (TPSA) is 41.5 Å². The minimum absolute atomic E-state index is 0.815. The summed E-state index contributed by atoms with van der Waals surface area (Å²) >= 11 is 1.76. The molecule has 0 saturated carbocycles. The van der Waals surface area contributed by atoms with E-state index in [9.17, 15) is 0 Å². The van der Waals surface area contributed by atoms with Crippen molar-refractivity contribution in [3.8, 4) is 0 Å². The highest BCUT2D eigenvalue weighted by Gasteiger charge is 2.23. The monoisotopic (exact) mass is 322 g/mol. The summed E-state index contributed by atoms with van der Waals surface area (Å²) in [5.74, 6) is 2.90. The van der Waals surface area contributed by atoms with E-state index in [0.29, 0.717) is 0 Å². The molecule has 0 unspecified atom stereocenters. The number of aromatic nitrogens is 2. The fraction of sp³-hybridized carbons (Fsp3) is 0.750. The van der Waals surface area contributed by atoms with Gasteiger partial charge in [-0.2, -0.15) is 0 Å². The van der Waals surface area contributed by atoms with Gasteiger partial charge < -0.3 is 9.64 Å². The first kappa shape index (κ1) is 16.0. The number of piperidine rings is 1. The van der Waals surface area contributed by atoms with Crippen molar-refractivity contribution in [1.82, 2.24) is 14.9 Å². The van der Waals surface area contributed by atoms with E-state index in [1.54, 1.807) is 11.8 Å². The molecule has 0 spiro atoms. The van der Waals surface area contributed by atoms with E-state index in [-0.39, 0.29) is 0 Å². The van der Waals surface area contributed by atoms with Crippen LogP contribution in [0, 0.1) is 5.92 Å². The second kappa shape index (κ2) is 8.13. The van der Waals surface area contributed by atoms with Crippen molar-refractivity contribution in [2.45, 2.75) is 24.8 Å². The van der Waals surface area contributed by atoms with Crippen molar-refractivity contribution in [1.29, 1.82) is 0 Å². The first-order valence-electron chi connectivity index (χ1n) is 8.35. The number of ether oxygens (including phenoxy) is 1. The fourth-order valence-electron chi connectivity index (χ4n) is 3.20. The molecule has 0 N–H and O–H groups in total. The third-order valence-corrected chi connectivity index (χ3v) is 5.23. The molecule has 3 heterocycles. The van der Waals surface area contributed by atoms with Crippen LogP contribution in [0.2, 0.25) is 0 Å². The lowest BCUT2D eigenvalue weighted by molar-refractivity contribution is 0.0289. The summed E-state index contributed by atoms with van der Waals surface area (Å²) in [6.45, 7) is 9.58. The van der Waals surface area contributed by atoms with E-state index < -0.39 is 0 Å². The number of hydrogen-bond acceptors (Lipinski definition) is 6. The van der Waals surface area contributed by atoms with Crippen LogP contribution in [0.4, 0.5) is 5.82 Å². The molecule has 2 saturated heterocycles. The Hall–Kier alpha value is -0.850. The molecule has 22 heavy (non-hydrogen) atoms. The minimum atomic E-state index is 0.815. The molecule has 122 valence electrons. The minimum Gasteiger partial charge on any atom is -0.379 e. The molecule has 2 fully saturated rings. The SMILES string of the molecule is CCSc1cncc(N2CCC(CN3CCOCC3)CC2)n1. The van der Waals surface area contributed by atoms with Gasteiger partial charge in [-0.1, -0.05) is 6.92 Å². The maximum atomic E-state index is 5.43. The number of anilines is 1. The molecule has 0 atom stereocenters. The maximum Gasteiger partial charge on any atom is 0.148 e. The highest BCUT2D eigenvalue weighted by Crippen LogP contribution is 2.24. The fourth-order valence-corrected chi connectivity index (χ4v) is 3.79. The first-order valence-corrected chi connectivity index (χ1v) is 9.33. The van der Waals surface area contributed by atoms with Gasteiger partial charge in [-0.25, -0.2) is 4.98 Å². The van der Waals surface area contributed by atoms with Gasteiger partial charge in [0.15, 0.2) is 0 Å². The van der Waals surface area contributed by atoms with Crippen LogP contribution >= 0.6 is 11.8 Å². The summed E-state index contributed by atoms with van der Waals surface area (Å²) in [6.07, 6.45) is 6.28. The number of hydrogen-bond donors (Lipinski definition) is 0. The predicted molar refractivity (Wildman–Crippen MR) is 90.6 cm³/mol. The zero-order valence-corrected chi connectivity index (χ0v) is 14.2. The Kier molecular flexibility index (Phi) is 5.92. The molecular formula is C16H26N4OS. The average Bonchev–Trinajstić information content (AvgIpc) is 2.57. The Balaban J connectivity index is 1.49. The zero-order valence-electron chi connectivity index (χ0n) is 13.4. The molecule has 0 aliphatic carbocycles. The quantitative estimate of drug-likeness (QED) is 0.774. The Labute approximate surface area is 137 Å². The van der Waals surface area contributed by atoms with Gasteiger partial charge >= 0.3 is 0 Å². The Bertz CT molecular complexity index is 459. The van der Waals surface area contributed by atoms with Gasteiger partial charge in [0.25, 0.3) is 0 Å². The predicted octanol–water partition coefficient (Wildman–Crippen LogP) is 2.14. The van der Waals surface area contributed by atoms with Gasteiger partial charge in [0.2, 0.25) is 0 Å². The Morgan fingerprint density at radius 3 is 2.68 bits per heavy atom. The molecular weight excluding hydrogens is 296 g/mol. The second-order valence-corrected chi connectivity index (χ2v) is 7.28. The number of thioether (sulfide) groups is 1. The molecule has 5 nitrogen and oxygen atoms in total. The van der Waals surface area contributed by atoms with E-state index >= 15 is 0 Å². The van der Waals surface area contributed by atoms with E-state index in [1.807, 2.05) is 12.4 Å². The normalized spacial score (nSPS) is 21.2. The van der Waals surface area contributed by atoms with Gasteiger partial charge in [0, 0.05) is 32.7 Å². The molecule has 3 rings (SSSR count). The molecule has 0 aromatic carbocycles. The Morgan fingerprint density at radius 1 is 1.18 bits per heavy atom. The van der Waals surface area contributed by atoms with Gasteiger partial charge in [0.1, 0.15) is 10.8 Å². The molecule has 1 aromatic rings. The number of rotatable bonds is 5. The molecule has 0 radical (unpaired) electrons. The van der Waals surface area contributed by atoms with Crippen LogP contribution in [0.25, 0.3) is 0 Å².